The molecule has 0 aliphatic heterocycles. The highest BCUT2D eigenvalue weighted by atomic mass is 32.2. The van der Waals surface area contributed by atoms with Gasteiger partial charge in [0.05, 0.1) is 11.5 Å². The van der Waals surface area contributed by atoms with E-state index in [1.54, 1.807) is 18.0 Å². The van der Waals surface area contributed by atoms with Crippen LogP contribution in [0.15, 0.2) is 59.7 Å². The average molecular weight is 312 g/mol. The monoisotopic (exact) mass is 312 g/mol. The third-order valence-corrected chi connectivity index (χ3v) is 4.36. The number of benzene rings is 2. The van der Waals surface area contributed by atoms with Crippen molar-refractivity contribution in [1.82, 2.24) is 5.43 Å². The van der Waals surface area contributed by atoms with Crippen LogP contribution >= 0.6 is 11.8 Å². The zero-order chi connectivity index (χ0) is 15.8. The molecule has 0 spiro atoms. The number of rotatable bonds is 6. The van der Waals surface area contributed by atoms with Crippen molar-refractivity contribution in [2.45, 2.75) is 24.9 Å². The third kappa shape index (κ3) is 5.37. The zero-order valence-electron chi connectivity index (χ0n) is 12.8. The molecule has 0 aliphatic carbocycles. The van der Waals surface area contributed by atoms with Crippen LogP contribution in [0.5, 0.6) is 0 Å². The topological polar surface area (TPSA) is 41.5 Å². The van der Waals surface area contributed by atoms with E-state index in [1.165, 1.54) is 11.1 Å². The molecule has 1 N–H and O–H groups in total. The van der Waals surface area contributed by atoms with Crippen molar-refractivity contribution in [3.8, 4) is 0 Å². The molecule has 2 rings (SSSR count). The largest absolute Gasteiger partial charge is 0.272 e. The van der Waals surface area contributed by atoms with Gasteiger partial charge < -0.3 is 0 Å². The highest BCUT2D eigenvalue weighted by Crippen LogP contribution is 2.17. The number of amides is 1. The van der Waals surface area contributed by atoms with Gasteiger partial charge in [-0.15, -0.1) is 11.8 Å². The fraction of sp³-hybridized carbons (Fsp3) is 0.222. The first-order valence-corrected chi connectivity index (χ1v) is 8.25. The lowest BCUT2D eigenvalue weighted by atomic mass is 10.2. The van der Waals surface area contributed by atoms with Crippen LogP contribution in [0, 0.1) is 6.92 Å². The maximum absolute atomic E-state index is 12.0. The Bertz CT molecular complexity index is 641. The van der Waals surface area contributed by atoms with Gasteiger partial charge in [-0.25, -0.2) is 5.43 Å². The van der Waals surface area contributed by atoms with Crippen molar-refractivity contribution in [2.24, 2.45) is 5.10 Å². The SMILES string of the molecule is Cc1cccc(/C=N\NC(=O)[C@H](C)SCc2ccccc2)c1. The molecular weight excluding hydrogens is 292 g/mol. The standard InChI is InChI=1S/C18H20N2OS/c1-14-7-6-10-17(11-14)12-19-20-18(21)15(2)22-13-16-8-4-3-5-9-16/h3-12,15H,13H2,1-2H3,(H,20,21)/b19-12-/t15-/m0/s1. The Morgan fingerprint density at radius 3 is 2.73 bits per heavy atom. The van der Waals surface area contributed by atoms with E-state index in [4.69, 9.17) is 0 Å². The summed E-state index contributed by atoms with van der Waals surface area (Å²) in [5.74, 6) is 0.738. The van der Waals surface area contributed by atoms with E-state index in [0.717, 1.165) is 11.3 Å². The molecular formula is C18H20N2OS. The van der Waals surface area contributed by atoms with E-state index in [-0.39, 0.29) is 11.2 Å². The van der Waals surface area contributed by atoms with Crippen LogP contribution in [0.1, 0.15) is 23.6 Å². The van der Waals surface area contributed by atoms with Crippen LogP contribution in [0.25, 0.3) is 0 Å². The lowest BCUT2D eigenvalue weighted by molar-refractivity contribution is -0.120. The van der Waals surface area contributed by atoms with Crippen molar-refractivity contribution in [2.75, 3.05) is 0 Å². The number of hydrazone groups is 1. The normalized spacial score (nSPS) is 12.3. The molecule has 1 amide bonds. The first kappa shape index (κ1) is 16.3. The molecule has 1 atom stereocenters. The molecule has 0 bridgehead atoms. The summed E-state index contributed by atoms with van der Waals surface area (Å²) in [7, 11) is 0. The maximum Gasteiger partial charge on any atom is 0.252 e. The Kier molecular flexibility index (Phi) is 6.22. The predicted molar refractivity (Wildman–Crippen MR) is 94.1 cm³/mol. The molecule has 4 heteroatoms. The number of nitrogens with one attached hydrogen (secondary N) is 1. The number of carbonyl (C=O) groups is 1. The fourth-order valence-electron chi connectivity index (χ4n) is 1.88. The van der Waals surface area contributed by atoms with E-state index in [2.05, 4.69) is 22.7 Å². The highest BCUT2D eigenvalue weighted by Gasteiger charge is 2.12. The molecule has 3 nitrogen and oxygen atoms in total. The molecule has 2 aromatic rings. The Hall–Kier alpha value is -2.07. The minimum Gasteiger partial charge on any atom is -0.272 e. The fourth-order valence-corrected chi connectivity index (χ4v) is 2.72. The number of thioether (sulfide) groups is 1. The second-order valence-electron chi connectivity index (χ2n) is 5.09. The smallest absolute Gasteiger partial charge is 0.252 e. The maximum atomic E-state index is 12.0. The Labute approximate surface area is 135 Å². The van der Waals surface area contributed by atoms with Crippen LogP contribution in [0.3, 0.4) is 0 Å². The molecule has 0 aromatic heterocycles. The molecule has 0 heterocycles. The highest BCUT2D eigenvalue weighted by molar-refractivity contribution is 7.99. The first-order chi connectivity index (χ1) is 10.6. The van der Waals surface area contributed by atoms with Crippen molar-refractivity contribution in [3.05, 3.63) is 71.3 Å². The van der Waals surface area contributed by atoms with E-state index in [0.29, 0.717) is 0 Å². The van der Waals surface area contributed by atoms with Crippen molar-refractivity contribution in [3.63, 3.8) is 0 Å². The number of nitrogens with zero attached hydrogens (tertiary/aromatic N) is 1. The minimum absolute atomic E-state index is 0.0789. The summed E-state index contributed by atoms with van der Waals surface area (Å²) < 4.78 is 0. The minimum atomic E-state index is -0.144. The van der Waals surface area contributed by atoms with Crippen LogP contribution in [0.4, 0.5) is 0 Å². The van der Waals surface area contributed by atoms with Gasteiger partial charge in [0.2, 0.25) is 0 Å². The average Bonchev–Trinajstić information content (AvgIpc) is 2.53. The van der Waals surface area contributed by atoms with Gasteiger partial charge in [-0.1, -0.05) is 60.2 Å². The summed E-state index contributed by atoms with van der Waals surface area (Å²) in [6, 6.07) is 18.1. The van der Waals surface area contributed by atoms with Gasteiger partial charge in [0.15, 0.2) is 0 Å². The molecule has 114 valence electrons. The number of hydrogen-bond donors (Lipinski definition) is 1. The van der Waals surface area contributed by atoms with Crippen LogP contribution in [-0.4, -0.2) is 17.4 Å². The van der Waals surface area contributed by atoms with Gasteiger partial charge in [0.25, 0.3) is 5.91 Å². The Balaban J connectivity index is 1.79. The van der Waals surface area contributed by atoms with Crippen LogP contribution in [-0.2, 0) is 10.5 Å². The van der Waals surface area contributed by atoms with Crippen molar-refractivity contribution >= 4 is 23.9 Å². The molecule has 0 saturated heterocycles. The summed E-state index contributed by atoms with van der Waals surface area (Å²) in [5.41, 5.74) is 5.96. The summed E-state index contributed by atoms with van der Waals surface area (Å²) >= 11 is 1.60. The van der Waals surface area contributed by atoms with Crippen molar-refractivity contribution in [1.29, 1.82) is 0 Å². The summed E-state index contributed by atoms with van der Waals surface area (Å²) in [4.78, 5) is 12.0. The van der Waals surface area contributed by atoms with Crippen LogP contribution in [0.2, 0.25) is 0 Å². The van der Waals surface area contributed by atoms with E-state index < -0.39 is 0 Å². The van der Waals surface area contributed by atoms with E-state index >= 15 is 0 Å². The molecule has 22 heavy (non-hydrogen) atoms. The number of aryl methyl sites for hydroxylation is 1. The molecule has 0 saturated carbocycles. The Morgan fingerprint density at radius 2 is 2.00 bits per heavy atom. The quantitative estimate of drug-likeness (QED) is 0.651. The lowest BCUT2D eigenvalue weighted by Crippen LogP contribution is -2.26. The van der Waals surface area contributed by atoms with Gasteiger partial charge in [0, 0.05) is 5.75 Å². The van der Waals surface area contributed by atoms with Gasteiger partial charge in [-0.05, 0) is 25.0 Å². The summed E-state index contributed by atoms with van der Waals surface area (Å²) in [6.45, 7) is 3.92. The second kappa shape index (κ2) is 8.39. The molecule has 0 radical (unpaired) electrons. The number of hydrogen-bond acceptors (Lipinski definition) is 3. The van der Waals surface area contributed by atoms with Crippen LogP contribution < -0.4 is 5.43 Å². The first-order valence-electron chi connectivity index (χ1n) is 7.20. The van der Waals surface area contributed by atoms with Gasteiger partial charge in [0.1, 0.15) is 0 Å². The zero-order valence-corrected chi connectivity index (χ0v) is 13.6. The third-order valence-electron chi connectivity index (χ3n) is 3.14. The number of carbonyl (C=O) groups excluding carboxylic acids is 1. The van der Waals surface area contributed by atoms with Crippen molar-refractivity contribution < 1.29 is 4.79 Å². The molecule has 0 aliphatic rings. The Morgan fingerprint density at radius 1 is 1.23 bits per heavy atom. The molecule has 0 fully saturated rings. The molecule has 2 aromatic carbocycles. The van der Waals surface area contributed by atoms with Gasteiger partial charge >= 0.3 is 0 Å². The van der Waals surface area contributed by atoms with Gasteiger partial charge in [-0.3, -0.25) is 4.79 Å². The van der Waals surface area contributed by atoms with Gasteiger partial charge in [-0.2, -0.15) is 5.10 Å². The van der Waals surface area contributed by atoms with E-state index in [1.807, 2.05) is 56.3 Å². The van der Waals surface area contributed by atoms with E-state index in [9.17, 15) is 4.79 Å². The summed E-state index contributed by atoms with van der Waals surface area (Å²) in [5, 5.41) is 3.88. The second-order valence-corrected chi connectivity index (χ2v) is 6.42. The molecule has 0 unspecified atom stereocenters. The predicted octanol–water partition coefficient (Wildman–Crippen LogP) is 3.77. The summed E-state index contributed by atoms with van der Waals surface area (Å²) in [6.07, 6.45) is 1.67. The lowest BCUT2D eigenvalue weighted by Gasteiger charge is -2.09.